The number of allylic oxidation sites excluding steroid dienone is 1. The summed E-state index contributed by atoms with van der Waals surface area (Å²) in [5, 5.41) is 9.31. The van der Waals surface area contributed by atoms with E-state index in [2.05, 4.69) is 4.72 Å². The average molecular weight is 355 g/mol. The Hall–Kier alpha value is -2.78. The minimum absolute atomic E-state index is 0.329. The van der Waals surface area contributed by atoms with E-state index in [1.54, 1.807) is 24.3 Å². The SMILES string of the molecule is Cc1ccc(NS(=O)(=O)/C(C#N)=C\c2ccc(N(C)C)cc2)c(C)c1. The van der Waals surface area contributed by atoms with Gasteiger partial charge in [0.2, 0.25) is 0 Å². The van der Waals surface area contributed by atoms with E-state index in [4.69, 9.17) is 0 Å². The molecule has 0 amide bonds. The first-order valence-electron chi connectivity index (χ1n) is 7.72. The lowest BCUT2D eigenvalue weighted by atomic mass is 10.1. The number of aryl methyl sites for hydroxylation is 2. The van der Waals surface area contributed by atoms with Crippen LogP contribution >= 0.6 is 0 Å². The lowest BCUT2D eigenvalue weighted by Gasteiger charge is -2.12. The predicted molar refractivity (Wildman–Crippen MR) is 103 cm³/mol. The number of benzene rings is 2. The molecule has 2 aromatic carbocycles. The molecule has 1 N–H and O–H groups in total. The summed E-state index contributed by atoms with van der Waals surface area (Å²) in [5.41, 5.74) is 3.95. The molecular weight excluding hydrogens is 334 g/mol. The van der Waals surface area contributed by atoms with Gasteiger partial charge in [-0.2, -0.15) is 5.26 Å². The van der Waals surface area contributed by atoms with Crippen LogP contribution in [0, 0.1) is 25.2 Å². The molecule has 0 unspecified atom stereocenters. The Morgan fingerprint density at radius 3 is 2.28 bits per heavy atom. The van der Waals surface area contributed by atoms with Crippen LogP contribution in [0.5, 0.6) is 0 Å². The van der Waals surface area contributed by atoms with Crippen LogP contribution in [0.3, 0.4) is 0 Å². The van der Waals surface area contributed by atoms with E-state index in [9.17, 15) is 13.7 Å². The number of rotatable bonds is 5. The average Bonchev–Trinajstić information content (AvgIpc) is 2.55. The topological polar surface area (TPSA) is 73.2 Å². The summed E-state index contributed by atoms with van der Waals surface area (Å²) in [5.74, 6) is 0. The predicted octanol–water partition coefficient (Wildman–Crippen LogP) is 3.68. The zero-order valence-corrected chi connectivity index (χ0v) is 15.6. The molecule has 0 saturated heterocycles. The molecule has 25 heavy (non-hydrogen) atoms. The normalized spacial score (nSPS) is 11.7. The van der Waals surface area contributed by atoms with Gasteiger partial charge in [0.25, 0.3) is 10.0 Å². The number of sulfonamides is 1. The van der Waals surface area contributed by atoms with Crippen LogP contribution < -0.4 is 9.62 Å². The molecule has 130 valence electrons. The first-order chi connectivity index (χ1) is 11.7. The lowest BCUT2D eigenvalue weighted by molar-refractivity contribution is 0.608. The Balaban J connectivity index is 2.33. The number of nitrogens with zero attached hydrogens (tertiary/aromatic N) is 2. The number of hydrogen-bond acceptors (Lipinski definition) is 4. The molecule has 5 nitrogen and oxygen atoms in total. The van der Waals surface area contributed by atoms with Gasteiger partial charge in [0, 0.05) is 19.8 Å². The fraction of sp³-hybridized carbons (Fsp3) is 0.211. The highest BCUT2D eigenvalue weighted by Gasteiger charge is 2.18. The van der Waals surface area contributed by atoms with Crippen molar-refractivity contribution in [3.63, 3.8) is 0 Å². The van der Waals surface area contributed by atoms with Crippen molar-refractivity contribution < 1.29 is 8.42 Å². The van der Waals surface area contributed by atoms with Crippen LogP contribution in [0.15, 0.2) is 47.4 Å². The molecule has 0 saturated carbocycles. The second-order valence-electron chi connectivity index (χ2n) is 6.03. The van der Waals surface area contributed by atoms with Gasteiger partial charge in [0.1, 0.15) is 6.07 Å². The van der Waals surface area contributed by atoms with E-state index in [1.807, 2.05) is 57.1 Å². The highest BCUT2D eigenvalue weighted by atomic mass is 32.2. The van der Waals surface area contributed by atoms with Gasteiger partial charge in [0.15, 0.2) is 4.91 Å². The van der Waals surface area contributed by atoms with E-state index in [1.165, 1.54) is 6.08 Å². The molecule has 0 aliphatic rings. The van der Waals surface area contributed by atoms with Crippen molar-refractivity contribution in [2.75, 3.05) is 23.7 Å². The molecule has 6 heteroatoms. The standard InChI is InChI=1S/C19H21N3O2S/c1-14-5-10-19(15(2)11-14)21-25(23,24)18(13-20)12-16-6-8-17(9-7-16)22(3)4/h5-12,21H,1-4H3/b18-12-. The second kappa shape index (κ2) is 7.41. The zero-order valence-electron chi connectivity index (χ0n) is 14.7. The van der Waals surface area contributed by atoms with Crippen LogP contribution in [-0.4, -0.2) is 22.5 Å². The molecule has 0 aromatic heterocycles. The smallest absolute Gasteiger partial charge is 0.272 e. The van der Waals surface area contributed by atoms with Gasteiger partial charge in [-0.1, -0.05) is 29.8 Å². The van der Waals surface area contributed by atoms with Crippen LogP contribution in [-0.2, 0) is 10.0 Å². The first kappa shape index (κ1) is 18.6. The third-order valence-electron chi connectivity index (χ3n) is 3.73. The Bertz CT molecular complexity index is 938. The van der Waals surface area contributed by atoms with Crippen LogP contribution in [0.2, 0.25) is 0 Å². The number of hydrogen-bond donors (Lipinski definition) is 1. The molecule has 0 spiro atoms. The molecule has 2 rings (SSSR count). The van der Waals surface area contributed by atoms with Gasteiger partial charge in [-0.25, -0.2) is 8.42 Å². The summed E-state index contributed by atoms with van der Waals surface area (Å²) >= 11 is 0. The van der Waals surface area contributed by atoms with E-state index >= 15 is 0 Å². The summed E-state index contributed by atoms with van der Waals surface area (Å²) in [6.07, 6.45) is 1.37. The van der Waals surface area contributed by atoms with Gasteiger partial charge < -0.3 is 4.90 Å². The monoisotopic (exact) mass is 355 g/mol. The number of nitriles is 1. The van der Waals surface area contributed by atoms with E-state index in [-0.39, 0.29) is 4.91 Å². The summed E-state index contributed by atoms with van der Waals surface area (Å²) in [7, 11) is -0.105. The van der Waals surface area contributed by atoms with Crippen molar-refractivity contribution in [1.82, 2.24) is 0 Å². The van der Waals surface area contributed by atoms with Gasteiger partial charge >= 0.3 is 0 Å². The first-order valence-corrected chi connectivity index (χ1v) is 9.20. The van der Waals surface area contributed by atoms with Crippen LogP contribution in [0.4, 0.5) is 11.4 Å². The van der Waals surface area contributed by atoms with Crippen molar-refractivity contribution in [2.24, 2.45) is 0 Å². The molecule has 0 bridgehead atoms. The number of anilines is 2. The van der Waals surface area contributed by atoms with Crippen molar-refractivity contribution in [2.45, 2.75) is 13.8 Å². The minimum Gasteiger partial charge on any atom is -0.378 e. The maximum atomic E-state index is 12.5. The highest BCUT2D eigenvalue weighted by Crippen LogP contribution is 2.21. The molecule has 0 aliphatic carbocycles. The second-order valence-corrected chi connectivity index (χ2v) is 7.68. The molecule has 0 aliphatic heterocycles. The minimum atomic E-state index is -3.95. The Morgan fingerprint density at radius 1 is 1.12 bits per heavy atom. The van der Waals surface area contributed by atoms with E-state index in [0.29, 0.717) is 11.3 Å². The van der Waals surface area contributed by atoms with Crippen molar-refractivity contribution >= 4 is 27.5 Å². The third-order valence-corrected chi connectivity index (χ3v) is 5.01. The molecule has 0 radical (unpaired) electrons. The number of nitrogens with one attached hydrogen (secondary N) is 1. The quantitative estimate of drug-likeness (QED) is 0.831. The summed E-state index contributed by atoms with van der Waals surface area (Å²) < 4.78 is 27.6. The summed E-state index contributed by atoms with van der Waals surface area (Å²) in [4.78, 5) is 1.61. The lowest BCUT2D eigenvalue weighted by Crippen LogP contribution is -2.15. The van der Waals surface area contributed by atoms with Gasteiger partial charge in [0.05, 0.1) is 5.69 Å². The maximum Gasteiger partial charge on any atom is 0.272 e. The largest absolute Gasteiger partial charge is 0.378 e. The van der Waals surface area contributed by atoms with E-state index in [0.717, 1.165) is 16.8 Å². The Labute approximate surface area is 149 Å². The third kappa shape index (κ3) is 4.61. The molecule has 0 heterocycles. The van der Waals surface area contributed by atoms with Gasteiger partial charge in [-0.15, -0.1) is 0 Å². The zero-order chi connectivity index (χ0) is 18.6. The maximum absolute atomic E-state index is 12.5. The van der Waals surface area contributed by atoms with E-state index < -0.39 is 10.0 Å². The Morgan fingerprint density at radius 2 is 1.76 bits per heavy atom. The summed E-state index contributed by atoms with van der Waals surface area (Å²) in [6, 6.07) is 14.5. The van der Waals surface area contributed by atoms with Crippen molar-refractivity contribution in [3.8, 4) is 6.07 Å². The van der Waals surface area contributed by atoms with Crippen molar-refractivity contribution in [1.29, 1.82) is 5.26 Å². The molecule has 0 atom stereocenters. The van der Waals surface area contributed by atoms with Crippen molar-refractivity contribution in [3.05, 3.63) is 64.1 Å². The highest BCUT2D eigenvalue weighted by molar-refractivity contribution is 7.97. The Kier molecular flexibility index (Phi) is 5.50. The fourth-order valence-electron chi connectivity index (χ4n) is 2.32. The molecular formula is C19H21N3O2S. The fourth-order valence-corrected chi connectivity index (χ4v) is 3.36. The van der Waals surface area contributed by atoms with Gasteiger partial charge in [-0.3, -0.25) is 4.72 Å². The van der Waals surface area contributed by atoms with Gasteiger partial charge in [-0.05, 0) is 49.2 Å². The van der Waals surface area contributed by atoms with Crippen LogP contribution in [0.25, 0.3) is 6.08 Å². The molecule has 0 fully saturated rings. The van der Waals surface area contributed by atoms with Crippen LogP contribution in [0.1, 0.15) is 16.7 Å². The summed E-state index contributed by atoms with van der Waals surface area (Å²) in [6.45, 7) is 3.75. The molecule has 2 aromatic rings.